The fraction of sp³-hybridized carbons (Fsp3) is 0.417. The van der Waals surface area contributed by atoms with E-state index in [1.807, 2.05) is 6.92 Å². The Bertz CT molecular complexity index is 546. The fourth-order valence-corrected chi connectivity index (χ4v) is 2.46. The first-order chi connectivity index (χ1) is 7.98. The number of benzene rings is 1. The fourth-order valence-electron chi connectivity index (χ4n) is 2.14. The third-order valence-electron chi connectivity index (χ3n) is 3.46. The normalized spacial score (nSPS) is 19.5. The van der Waals surface area contributed by atoms with Gasteiger partial charge in [-0.25, -0.2) is 4.98 Å². The van der Waals surface area contributed by atoms with E-state index in [4.69, 9.17) is 28.9 Å². The van der Waals surface area contributed by atoms with Crippen molar-refractivity contribution in [2.45, 2.75) is 25.3 Å². The Morgan fingerprint density at radius 3 is 2.65 bits per heavy atom. The van der Waals surface area contributed by atoms with Crippen LogP contribution in [0.25, 0.3) is 11.0 Å². The molecular weight excluding hydrogens is 257 g/mol. The van der Waals surface area contributed by atoms with E-state index in [2.05, 4.69) is 9.97 Å². The molecule has 1 heterocycles. The van der Waals surface area contributed by atoms with Crippen LogP contribution in [0.4, 0.5) is 0 Å². The number of rotatable bonds is 2. The molecule has 1 aromatic heterocycles. The average molecular weight is 270 g/mol. The second-order valence-electron chi connectivity index (χ2n) is 4.93. The van der Waals surface area contributed by atoms with Crippen molar-refractivity contribution in [2.24, 2.45) is 11.7 Å². The summed E-state index contributed by atoms with van der Waals surface area (Å²) in [6.07, 6.45) is 2.34. The number of nitrogens with zero attached hydrogens (tertiary/aromatic N) is 1. The zero-order valence-corrected chi connectivity index (χ0v) is 10.9. The summed E-state index contributed by atoms with van der Waals surface area (Å²) in [5.74, 6) is 1.34. The van der Waals surface area contributed by atoms with Crippen molar-refractivity contribution in [1.82, 2.24) is 9.97 Å². The van der Waals surface area contributed by atoms with Crippen molar-refractivity contribution < 1.29 is 0 Å². The number of aromatic amines is 1. The maximum absolute atomic E-state index is 6.32. The van der Waals surface area contributed by atoms with Crippen LogP contribution in [-0.4, -0.2) is 9.97 Å². The van der Waals surface area contributed by atoms with E-state index >= 15 is 0 Å². The third kappa shape index (κ3) is 1.82. The topological polar surface area (TPSA) is 54.7 Å². The summed E-state index contributed by atoms with van der Waals surface area (Å²) >= 11 is 11.9. The second-order valence-corrected chi connectivity index (χ2v) is 5.74. The number of imidazole rings is 1. The van der Waals surface area contributed by atoms with Crippen LogP contribution < -0.4 is 5.73 Å². The van der Waals surface area contributed by atoms with Crippen LogP contribution in [-0.2, 0) is 5.54 Å². The zero-order chi connectivity index (χ0) is 12.2. The van der Waals surface area contributed by atoms with Crippen molar-refractivity contribution in [3.05, 3.63) is 28.0 Å². The van der Waals surface area contributed by atoms with Crippen molar-refractivity contribution >= 4 is 34.2 Å². The number of nitrogens with one attached hydrogen (secondary N) is 1. The lowest BCUT2D eigenvalue weighted by atomic mass is 9.97. The number of H-pyrrole nitrogens is 1. The van der Waals surface area contributed by atoms with E-state index < -0.39 is 5.54 Å². The summed E-state index contributed by atoms with van der Waals surface area (Å²) in [6.45, 7) is 2.02. The Hall–Kier alpha value is -0.770. The summed E-state index contributed by atoms with van der Waals surface area (Å²) in [7, 11) is 0. The van der Waals surface area contributed by atoms with Gasteiger partial charge in [0.2, 0.25) is 0 Å². The third-order valence-corrected chi connectivity index (χ3v) is 4.18. The van der Waals surface area contributed by atoms with E-state index in [1.54, 1.807) is 12.1 Å². The molecule has 1 fully saturated rings. The molecule has 0 amide bonds. The maximum atomic E-state index is 6.32. The molecule has 3 nitrogen and oxygen atoms in total. The Morgan fingerprint density at radius 2 is 2.00 bits per heavy atom. The molecular formula is C12H13Cl2N3. The van der Waals surface area contributed by atoms with E-state index in [0.29, 0.717) is 16.0 Å². The first kappa shape index (κ1) is 11.3. The van der Waals surface area contributed by atoms with Gasteiger partial charge in [-0.05, 0) is 37.8 Å². The highest BCUT2D eigenvalue weighted by Crippen LogP contribution is 2.43. The lowest BCUT2D eigenvalue weighted by Crippen LogP contribution is -2.36. The van der Waals surface area contributed by atoms with Gasteiger partial charge < -0.3 is 10.7 Å². The predicted molar refractivity (Wildman–Crippen MR) is 70.4 cm³/mol. The lowest BCUT2D eigenvalue weighted by Gasteiger charge is -2.21. The van der Waals surface area contributed by atoms with E-state index in [0.717, 1.165) is 16.9 Å². The molecule has 0 radical (unpaired) electrons. The summed E-state index contributed by atoms with van der Waals surface area (Å²) < 4.78 is 0. The lowest BCUT2D eigenvalue weighted by molar-refractivity contribution is 0.405. The van der Waals surface area contributed by atoms with Crippen molar-refractivity contribution in [1.29, 1.82) is 0 Å². The van der Waals surface area contributed by atoms with Gasteiger partial charge in [0.1, 0.15) is 5.82 Å². The van der Waals surface area contributed by atoms with Gasteiger partial charge in [-0.3, -0.25) is 0 Å². The van der Waals surface area contributed by atoms with Gasteiger partial charge in [-0.1, -0.05) is 23.2 Å². The molecule has 90 valence electrons. The summed E-state index contributed by atoms with van der Waals surface area (Å²) in [5.41, 5.74) is 7.63. The molecule has 0 spiro atoms. The minimum atomic E-state index is -0.391. The Morgan fingerprint density at radius 1 is 1.35 bits per heavy atom. The standard InChI is InChI=1S/C12H13Cl2N3/c1-12(15,6-2-3-6)11-16-9-4-7(13)8(14)5-10(9)17-11/h4-6H,2-3,15H2,1H3,(H,16,17). The van der Waals surface area contributed by atoms with Crippen LogP contribution in [0.5, 0.6) is 0 Å². The van der Waals surface area contributed by atoms with Crippen molar-refractivity contribution in [3.63, 3.8) is 0 Å². The molecule has 2 aromatic rings. The van der Waals surface area contributed by atoms with Gasteiger partial charge in [-0.15, -0.1) is 0 Å². The quantitative estimate of drug-likeness (QED) is 0.878. The molecule has 1 atom stereocenters. The largest absolute Gasteiger partial charge is 0.340 e. The first-order valence-electron chi connectivity index (χ1n) is 5.62. The van der Waals surface area contributed by atoms with E-state index in [9.17, 15) is 0 Å². The average Bonchev–Trinajstić information content (AvgIpc) is 3.03. The summed E-state index contributed by atoms with van der Waals surface area (Å²) in [5, 5.41) is 1.04. The monoisotopic (exact) mass is 269 g/mol. The smallest absolute Gasteiger partial charge is 0.127 e. The highest BCUT2D eigenvalue weighted by Gasteiger charge is 2.41. The Kier molecular flexibility index (Phi) is 2.41. The highest BCUT2D eigenvalue weighted by atomic mass is 35.5. The minimum absolute atomic E-state index is 0.391. The number of aromatic nitrogens is 2. The van der Waals surface area contributed by atoms with Crippen molar-refractivity contribution in [2.75, 3.05) is 0 Å². The highest BCUT2D eigenvalue weighted by molar-refractivity contribution is 6.42. The first-order valence-corrected chi connectivity index (χ1v) is 6.38. The SMILES string of the molecule is CC(N)(c1nc2cc(Cl)c(Cl)cc2[nH]1)C1CC1. The molecule has 1 unspecified atom stereocenters. The van der Waals surface area contributed by atoms with Gasteiger partial charge in [0.15, 0.2) is 0 Å². The maximum Gasteiger partial charge on any atom is 0.127 e. The molecule has 3 rings (SSSR count). The molecule has 0 bridgehead atoms. The second kappa shape index (κ2) is 3.61. The molecule has 1 aromatic carbocycles. The molecule has 5 heteroatoms. The number of halogens is 2. The number of hydrogen-bond donors (Lipinski definition) is 2. The van der Waals surface area contributed by atoms with Crippen LogP contribution >= 0.6 is 23.2 Å². The summed E-state index contributed by atoms with van der Waals surface area (Å²) in [6, 6.07) is 3.56. The minimum Gasteiger partial charge on any atom is -0.340 e. The van der Waals surface area contributed by atoms with Gasteiger partial charge in [-0.2, -0.15) is 0 Å². The molecule has 0 saturated heterocycles. The van der Waals surface area contributed by atoms with Gasteiger partial charge in [0.05, 0.1) is 26.6 Å². The van der Waals surface area contributed by atoms with Gasteiger partial charge in [0.25, 0.3) is 0 Å². The Labute approximate surface area is 109 Å². The van der Waals surface area contributed by atoms with Crippen LogP contribution in [0.15, 0.2) is 12.1 Å². The van der Waals surface area contributed by atoms with Crippen LogP contribution in [0, 0.1) is 5.92 Å². The van der Waals surface area contributed by atoms with Gasteiger partial charge in [0, 0.05) is 0 Å². The molecule has 1 aliphatic rings. The van der Waals surface area contributed by atoms with Crippen LogP contribution in [0.3, 0.4) is 0 Å². The van der Waals surface area contributed by atoms with Crippen molar-refractivity contribution in [3.8, 4) is 0 Å². The predicted octanol–water partition coefficient (Wildman–Crippen LogP) is 3.45. The van der Waals surface area contributed by atoms with E-state index in [1.165, 1.54) is 12.8 Å². The molecule has 1 saturated carbocycles. The molecule has 3 N–H and O–H groups in total. The molecule has 0 aliphatic heterocycles. The Balaban J connectivity index is 2.13. The molecule has 17 heavy (non-hydrogen) atoms. The van der Waals surface area contributed by atoms with Crippen LogP contribution in [0.2, 0.25) is 10.0 Å². The number of nitrogens with two attached hydrogens (primary N) is 1. The number of hydrogen-bond acceptors (Lipinski definition) is 2. The zero-order valence-electron chi connectivity index (χ0n) is 9.43. The number of fused-ring (bicyclic) bond motifs is 1. The van der Waals surface area contributed by atoms with E-state index in [-0.39, 0.29) is 0 Å². The van der Waals surface area contributed by atoms with Crippen LogP contribution in [0.1, 0.15) is 25.6 Å². The molecule has 1 aliphatic carbocycles. The van der Waals surface area contributed by atoms with Gasteiger partial charge >= 0.3 is 0 Å². The summed E-state index contributed by atoms with van der Waals surface area (Å²) in [4.78, 5) is 7.77.